The summed E-state index contributed by atoms with van der Waals surface area (Å²) in [6.45, 7) is 9.65. The van der Waals surface area contributed by atoms with Crippen LogP contribution >= 0.6 is 0 Å². The van der Waals surface area contributed by atoms with Gasteiger partial charge in [-0.15, -0.1) is 0 Å². The van der Waals surface area contributed by atoms with Crippen molar-refractivity contribution in [3.05, 3.63) is 0 Å². The van der Waals surface area contributed by atoms with E-state index in [1.54, 1.807) is 19.0 Å². The van der Waals surface area contributed by atoms with Gasteiger partial charge in [0.1, 0.15) is 0 Å². The maximum absolute atomic E-state index is 12.1. The molecule has 1 N–H and O–H groups in total. The second-order valence-electron chi connectivity index (χ2n) is 6.03. The molecule has 0 heterocycles. The summed E-state index contributed by atoms with van der Waals surface area (Å²) < 4.78 is 0. The number of carbonyl (C=O) groups excluding carboxylic acids is 2. The van der Waals surface area contributed by atoms with Crippen LogP contribution in [0.3, 0.4) is 0 Å². The van der Waals surface area contributed by atoms with E-state index >= 15 is 0 Å². The molecule has 0 bridgehead atoms. The Morgan fingerprint density at radius 2 is 1.68 bits per heavy atom. The second kappa shape index (κ2) is 8.15. The molecule has 0 spiro atoms. The molecule has 0 saturated carbocycles. The fraction of sp³-hybridized carbons (Fsp3) is 0.857. The number of nitrogens with zero attached hydrogens (tertiary/aromatic N) is 2. The summed E-state index contributed by atoms with van der Waals surface area (Å²) in [6.07, 6.45) is 1.29. The van der Waals surface area contributed by atoms with Crippen molar-refractivity contribution in [1.82, 2.24) is 15.1 Å². The molecule has 112 valence electrons. The van der Waals surface area contributed by atoms with Gasteiger partial charge in [-0.05, 0) is 27.2 Å². The molecular formula is C14H29N3O2. The Labute approximate surface area is 117 Å². The van der Waals surface area contributed by atoms with Crippen LogP contribution in [0, 0.1) is 0 Å². The van der Waals surface area contributed by atoms with Gasteiger partial charge in [-0.25, -0.2) is 0 Å². The molecule has 0 aromatic carbocycles. The first-order valence-electron chi connectivity index (χ1n) is 6.90. The van der Waals surface area contributed by atoms with E-state index in [-0.39, 0.29) is 23.9 Å². The lowest BCUT2D eigenvalue weighted by Crippen LogP contribution is -2.43. The van der Waals surface area contributed by atoms with Crippen LogP contribution in [0.15, 0.2) is 0 Å². The van der Waals surface area contributed by atoms with Gasteiger partial charge in [0.05, 0.1) is 6.54 Å². The van der Waals surface area contributed by atoms with E-state index < -0.39 is 0 Å². The van der Waals surface area contributed by atoms with Crippen molar-refractivity contribution < 1.29 is 9.59 Å². The molecule has 0 atom stereocenters. The lowest BCUT2D eigenvalue weighted by molar-refractivity contribution is -0.139. The van der Waals surface area contributed by atoms with E-state index in [0.717, 1.165) is 6.42 Å². The van der Waals surface area contributed by atoms with Gasteiger partial charge in [0.25, 0.3) is 0 Å². The molecule has 19 heavy (non-hydrogen) atoms. The minimum absolute atomic E-state index is 0.00925. The lowest BCUT2D eigenvalue weighted by Gasteiger charge is -2.25. The molecule has 5 nitrogen and oxygen atoms in total. The first kappa shape index (κ1) is 17.9. The van der Waals surface area contributed by atoms with Crippen LogP contribution in [-0.2, 0) is 9.59 Å². The number of amides is 2. The first-order chi connectivity index (χ1) is 8.67. The SMILES string of the molecule is CCCN(CC(=O)N(C)C)C(=O)CCNC(C)(C)C. The van der Waals surface area contributed by atoms with Gasteiger partial charge in [0.15, 0.2) is 0 Å². The summed E-state index contributed by atoms with van der Waals surface area (Å²) in [5.74, 6) is -0.000574. The molecule has 0 fully saturated rings. The molecule has 0 unspecified atom stereocenters. The average molecular weight is 271 g/mol. The molecule has 0 aromatic heterocycles. The number of rotatable bonds is 7. The minimum atomic E-state index is -0.0365. The molecule has 5 heteroatoms. The van der Waals surface area contributed by atoms with Crippen LogP contribution in [0.25, 0.3) is 0 Å². The van der Waals surface area contributed by atoms with Crippen molar-refractivity contribution in [3.63, 3.8) is 0 Å². The van der Waals surface area contributed by atoms with Crippen LogP contribution in [0.5, 0.6) is 0 Å². The van der Waals surface area contributed by atoms with Crippen molar-refractivity contribution in [2.24, 2.45) is 0 Å². The number of likely N-dealkylation sites (N-methyl/N-ethyl adjacent to an activating group) is 1. The summed E-state index contributed by atoms with van der Waals surface area (Å²) in [5.41, 5.74) is 0.00925. The first-order valence-corrected chi connectivity index (χ1v) is 6.90. The zero-order chi connectivity index (χ0) is 15.1. The number of hydrogen-bond acceptors (Lipinski definition) is 3. The Balaban J connectivity index is 4.29. The Kier molecular flexibility index (Phi) is 7.68. The highest BCUT2D eigenvalue weighted by Gasteiger charge is 2.18. The Morgan fingerprint density at radius 3 is 2.11 bits per heavy atom. The summed E-state index contributed by atoms with van der Waals surface area (Å²) >= 11 is 0. The summed E-state index contributed by atoms with van der Waals surface area (Å²) in [5, 5.41) is 3.28. The van der Waals surface area contributed by atoms with Gasteiger partial charge in [-0.1, -0.05) is 6.92 Å². The van der Waals surface area contributed by atoms with E-state index in [1.165, 1.54) is 4.90 Å². The maximum Gasteiger partial charge on any atom is 0.241 e. The number of hydrogen-bond donors (Lipinski definition) is 1. The van der Waals surface area contributed by atoms with Crippen molar-refractivity contribution in [3.8, 4) is 0 Å². The molecular weight excluding hydrogens is 242 g/mol. The summed E-state index contributed by atoms with van der Waals surface area (Å²) in [7, 11) is 3.41. The fourth-order valence-corrected chi connectivity index (χ4v) is 1.57. The zero-order valence-corrected chi connectivity index (χ0v) is 13.2. The topological polar surface area (TPSA) is 52.7 Å². The number of carbonyl (C=O) groups is 2. The Hall–Kier alpha value is -1.10. The normalized spacial score (nSPS) is 11.3. The van der Waals surface area contributed by atoms with Crippen LogP contribution in [0.2, 0.25) is 0 Å². The van der Waals surface area contributed by atoms with Crippen LogP contribution in [-0.4, -0.2) is 60.9 Å². The summed E-state index contributed by atoms with van der Waals surface area (Å²) in [4.78, 5) is 26.9. The third-order valence-electron chi connectivity index (χ3n) is 2.67. The Bertz CT molecular complexity index is 296. The molecule has 0 aliphatic heterocycles. The van der Waals surface area contributed by atoms with Gasteiger partial charge in [0.2, 0.25) is 11.8 Å². The van der Waals surface area contributed by atoms with E-state index in [4.69, 9.17) is 0 Å². The zero-order valence-electron chi connectivity index (χ0n) is 13.2. The molecule has 0 aliphatic carbocycles. The predicted octanol–water partition coefficient (Wildman–Crippen LogP) is 1.09. The van der Waals surface area contributed by atoms with Crippen molar-refractivity contribution in [1.29, 1.82) is 0 Å². The monoisotopic (exact) mass is 271 g/mol. The Morgan fingerprint density at radius 1 is 1.11 bits per heavy atom. The van der Waals surface area contributed by atoms with Crippen LogP contribution < -0.4 is 5.32 Å². The van der Waals surface area contributed by atoms with Crippen molar-refractivity contribution in [2.45, 2.75) is 46.1 Å². The highest BCUT2D eigenvalue weighted by atomic mass is 16.2. The van der Waals surface area contributed by atoms with Gasteiger partial charge in [0, 0.05) is 39.1 Å². The second-order valence-corrected chi connectivity index (χ2v) is 6.03. The van der Waals surface area contributed by atoms with Crippen LogP contribution in [0.1, 0.15) is 40.5 Å². The molecule has 0 saturated heterocycles. The van der Waals surface area contributed by atoms with E-state index in [9.17, 15) is 9.59 Å². The van der Waals surface area contributed by atoms with Gasteiger partial charge < -0.3 is 15.1 Å². The standard InChI is InChI=1S/C14H29N3O2/c1-7-10-17(11-13(19)16(5)6)12(18)8-9-15-14(2,3)4/h15H,7-11H2,1-6H3. The molecule has 0 aromatic rings. The van der Waals surface area contributed by atoms with Gasteiger partial charge >= 0.3 is 0 Å². The third-order valence-corrected chi connectivity index (χ3v) is 2.67. The van der Waals surface area contributed by atoms with E-state index in [0.29, 0.717) is 19.5 Å². The third kappa shape index (κ3) is 8.59. The average Bonchev–Trinajstić information content (AvgIpc) is 2.26. The quantitative estimate of drug-likeness (QED) is 0.754. The van der Waals surface area contributed by atoms with Crippen LogP contribution in [0.4, 0.5) is 0 Å². The van der Waals surface area contributed by atoms with Gasteiger partial charge in [-0.3, -0.25) is 9.59 Å². The highest BCUT2D eigenvalue weighted by Crippen LogP contribution is 2.01. The fourth-order valence-electron chi connectivity index (χ4n) is 1.57. The van der Waals surface area contributed by atoms with E-state index in [1.807, 2.05) is 6.92 Å². The molecule has 2 amide bonds. The molecule has 0 rings (SSSR count). The highest BCUT2D eigenvalue weighted by molar-refractivity contribution is 5.84. The van der Waals surface area contributed by atoms with Crippen molar-refractivity contribution >= 4 is 11.8 Å². The van der Waals surface area contributed by atoms with E-state index in [2.05, 4.69) is 26.1 Å². The van der Waals surface area contributed by atoms with Crippen molar-refractivity contribution in [2.75, 3.05) is 33.7 Å². The predicted molar refractivity (Wildman–Crippen MR) is 77.9 cm³/mol. The van der Waals surface area contributed by atoms with Gasteiger partial charge in [-0.2, -0.15) is 0 Å². The smallest absolute Gasteiger partial charge is 0.241 e. The minimum Gasteiger partial charge on any atom is -0.347 e. The summed E-state index contributed by atoms with van der Waals surface area (Å²) in [6, 6.07) is 0. The number of nitrogens with one attached hydrogen (secondary N) is 1. The maximum atomic E-state index is 12.1. The molecule has 0 aliphatic rings. The molecule has 0 radical (unpaired) electrons. The largest absolute Gasteiger partial charge is 0.347 e. The lowest BCUT2D eigenvalue weighted by atomic mass is 10.1.